The largest absolute Gasteiger partial charge is 0.389 e. The maximum Gasteiger partial charge on any atom is 0.389 e. The monoisotopic (exact) mass is 195 g/mol. The summed E-state index contributed by atoms with van der Waals surface area (Å²) in [7, 11) is 0. The molecule has 13 heavy (non-hydrogen) atoms. The van der Waals surface area contributed by atoms with Crippen molar-refractivity contribution in [2.24, 2.45) is 5.92 Å². The highest BCUT2D eigenvalue weighted by Gasteiger charge is 2.30. The highest BCUT2D eigenvalue weighted by Crippen LogP contribution is 2.23. The first-order valence-corrected chi connectivity index (χ1v) is 4.29. The van der Waals surface area contributed by atoms with Crippen molar-refractivity contribution in [3.63, 3.8) is 0 Å². The Morgan fingerprint density at radius 2 is 2.15 bits per heavy atom. The van der Waals surface area contributed by atoms with Gasteiger partial charge in [0.25, 0.3) is 0 Å². The van der Waals surface area contributed by atoms with Crippen LogP contribution in [0, 0.1) is 5.92 Å². The van der Waals surface area contributed by atoms with Crippen molar-refractivity contribution in [1.82, 2.24) is 5.32 Å². The van der Waals surface area contributed by atoms with Crippen LogP contribution >= 0.6 is 0 Å². The third-order valence-electron chi connectivity index (χ3n) is 2.17. The summed E-state index contributed by atoms with van der Waals surface area (Å²) in [5, 5.41) is 2.95. The van der Waals surface area contributed by atoms with Gasteiger partial charge < -0.3 is 5.32 Å². The third kappa shape index (κ3) is 3.76. The van der Waals surface area contributed by atoms with Gasteiger partial charge in [-0.15, -0.1) is 0 Å². The van der Waals surface area contributed by atoms with Crippen LogP contribution in [0.3, 0.4) is 0 Å². The maximum absolute atomic E-state index is 11.7. The molecule has 1 aliphatic heterocycles. The second-order valence-electron chi connectivity index (χ2n) is 3.27. The molecule has 5 heteroatoms. The van der Waals surface area contributed by atoms with Crippen molar-refractivity contribution in [3.05, 3.63) is 0 Å². The van der Waals surface area contributed by atoms with Crippen LogP contribution < -0.4 is 5.32 Å². The van der Waals surface area contributed by atoms with Crippen LogP contribution in [-0.2, 0) is 4.79 Å². The molecule has 1 saturated heterocycles. The molecule has 1 fully saturated rings. The predicted molar refractivity (Wildman–Crippen MR) is 41.3 cm³/mol. The Labute approximate surface area is 74.5 Å². The lowest BCUT2D eigenvalue weighted by atomic mass is 10.00. The summed E-state index contributed by atoms with van der Waals surface area (Å²) in [6, 6.07) is 0. The second-order valence-corrected chi connectivity index (χ2v) is 3.27. The van der Waals surface area contributed by atoms with Crippen LogP contribution in [0.25, 0.3) is 0 Å². The van der Waals surface area contributed by atoms with E-state index in [0.717, 1.165) is 6.54 Å². The first-order chi connectivity index (χ1) is 5.99. The smallest absolute Gasteiger partial charge is 0.316 e. The molecular formula is C8H12F3NO. The van der Waals surface area contributed by atoms with Crippen molar-refractivity contribution >= 4 is 5.78 Å². The molecule has 76 valence electrons. The zero-order valence-corrected chi connectivity index (χ0v) is 7.16. The molecule has 1 atom stereocenters. The molecule has 0 spiro atoms. The Morgan fingerprint density at radius 1 is 1.46 bits per heavy atom. The van der Waals surface area contributed by atoms with E-state index < -0.39 is 12.6 Å². The highest BCUT2D eigenvalue weighted by molar-refractivity contribution is 5.81. The van der Waals surface area contributed by atoms with E-state index in [1.54, 1.807) is 0 Å². The number of nitrogens with one attached hydrogen (secondary N) is 1. The fourth-order valence-corrected chi connectivity index (χ4v) is 1.40. The van der Waals surface area contributed by atoms with Crippen LogP contribution in [0.5, 0.6) is 0 Å². The number of halogens is 3. The van der Waals surface area contributed by atoms with Crippen LogP contribution in [0.1, 0.15) is 19.3 Å². The van der Waals surface area contributed by atoms with Gasteiger partial charge in [-0.25, -0.2) is 0 Å². The minimum Gasteiger partial charge on any atom is -0.316 e. The van der Waals surface area contributed by atoms with E-state index in [0.29, 0.717) is 13.0 Å². The molecule has 2 nitrogen and oxygen atoms in total. The fraction of sp³-hybridized carbons (Fsp3) is 0.875. The average Bonchev–Trinajstić information content (AvgIpc) is 2.50. The number of hydrogen-bond donors (Lipinski definition) is 1. The van der Waals surface area contributed by atoms with Crippen molar-refractivity contribution < 1.29 is 18.0 Å². The van der Waals surface area contributed by atoms with E-state index in [1.165, 1.54) is 0 Å². The zero-order chi connectivity index (χ0) is 9.90. The van der Waals surface area contributed by atoms with Gasteiger partial charge in [0.2, 0.25) is 0 Å². The number of Topliss-reactive ketones (excluding diaryl/α,β-unsaturated/α-hetero) is 1. The first-order valence-electron chi connectivity index (χ1n) is 4.29. The van der Waals surface area contributed by atoms with Crippen molar-refractivity contribution in [2.75, 3.05) is 13.1 Å². The van der Waals surface area contributed by atoms with E-state index in [4.69, 9.17) is 0 Å². The SMILES string of the molecule is O=C(CCC(F)(F)F)C1CCNC1. The summed E-state index contributed by atoms with van der Waals surface area (Å²) in [6.45, 7) is 1.28. The van der Waals surface area contributed by atoms with Crippen LogP contribution in [0.2, 0.25) is 0 Å². The lowest BCUT2D eigenvalue weighted by molar-refractivity contribution is -0.144. The maximum atomic E-state index is 11.7. The molecule has 0 aromatic carbocycles. The van der Waals surface area contributed by atoms with Gasteiger partial charge >= 0.3 is 6.18 Å². The Kier molecular flexibility index (Phi) is 3.30. The molecule has 0 aliphatic carbocycles. The molecule has 1 aliphatic rings. The van der Waals surface area contributed by atoms with Gasteiger partial charge in [0.05, 0.1) is 6.42 Å². The number of alkyl halides is 3. The number of ketones is 1. The van der Waals surface area contributed by atoms with Gasteiger partial charge in [-0.05, 0) is 13.0 Å². The number of carbonyl (C=O) groups excluding carboxylic acids is 1. The molecule has 1 unspecified atom stereocenters. The summed E-state index contributed by atoms with van der Waals surface area (Å²) >= 11 is 0. The van der Waals surface area contributed by atoms with Gasteiger partial charge in [0.1, 0.15) is 5.78 Å². The Hall–Kier alpha value is -0.580. The summed E-state index contributed by atoms with van der Waals surface area (Å²) in [5.41, 5.74) is 0. The molecule has 1 heterocycles. The standard InChI is InChI=1S/C8H12F3NO/c9-8(10,11)3-1-7(13)6-2-4-12-5-6/h6,12H,1-5H2. The fourth-order valence-electron chi connectivity index (χ4n) is 1.40. The lowest BCUT2D eigenvalue weighted by Crippen LogP contribution is -2.20. The van der Waals surface area contributed by atoms with Gasteiger partial charge in [-0.2, -0.15) is 13.2 Å². The minimum absolute atomic E-state index is 0.192. The summed E-state index contributed by atoms with van der Waals surface area (Å²) < 4.78 is 35.2. The number of hydrogen-bond acceptors (Lipinski definition) is 2. The molecule has 0 aromatic heterocycles. The van der Waals surface area contributed by atoms with Crippen LogP contribution in [-0.4, -0.2) is 25.0 Å². The molecule has 0 amide bonds. The van der Waals surface area contributed by atoms with Gasteiger partial charge in [-0.1, -0.05) is 0 Å². The minimum atomic E-state index is -4.21. The zero-order valence-electron chi connectivity index (χ0n) is 7.16. The van der Waals surface area contributed by atoms with Gasteiger partial charge in [0.15, 0.2) is 0 Å². The number of rotatable bonds is 3. The van der Waals surface area contributed by atoms with E-state index >= 15 is 0 Å². The van der Waals surface area contributed by atoms with Crippen LogP contribution in [0.4, 0.5) is 13.2 Å². The molecular weight excluding hydrogens is 183 g/mol. The van der Waals surface area contributed by atoms with Crippen molar-refractivity contribution in [2.45, 2.75) is 25.4 Å². The molecule has 0 aromatic rings. The molecule has 0 bridgehead atoms. The second kappa shape index (κ2) is 4.09. The van der Waals surface area contributed by atoms with E-state index in [-0.39, 0.29) is 18.1 Å². The summed E-state index contributed by atoms with van der Waals surface area (Å²) in [6.07, 6.45) is -4.88. The topological polar surface area (TPSA) is 29.1 Å². The average molecular weight is 195 g/mol. The van der Waals surface area contributed by atoms with Gasteiger partial charge in [-0.3, -0.25) is 4.79 Å². The molecule has 1 rings (SSSR count). The quantitative estimate of drug-likeness (QED) is 0.739. The van der Waals surface area contributed by atoms with E-state index in [1.807, 2.05) is 0 Å². The molecule has 1 N–H and O–H groups in total. The third-order valence-corrected chi connectivity index (χ3v) is 2.17. The predicted octanol–water partition coefficient (Wildman–Crippen LogP) is 1.51. The normalized spacial score (nSPS) is 23.5. The van der Waals surface area contributed by atoms with E-state index in [9.17, 15) is 18.0 Å². The van der Waals surface area contributed by atoms with E-state index in [2.05, 4.69) is 5.32 Å². The lowest BCUT2D eigenvalue weighted by Gasteiger charge is -2.08. The Balaban J connectivity index is 2.25. The van der Waals surface area contributed by atoms with Crippen LogP contribution in [0.15, 0.2) is 0 Å². The van der Waals surface area contributed by atoms with Crippen molar-refractivity contribution in [3.8, 4) is 0 Å². The first kappa shape index (κ1) is 10.5. The molecule has 0 radical (unpaired) electrons. The number of carbonyl (C=O) groups is 1. The summed E-state index contributed by atoms with van der Waals surface area (Å²) in [4.78, 5) is 11.2. The Morgan fingerprint density at radius 3 is 2.62 bits per heavy atom. The highest BCUT2D eigenvalue weighted by atomic mass is 19.4. The molecule has 0 saturated carbocycles. The Bertz CT molecular complexity index is 184. The van der Waals surface area contributed by atoms with Crippen molar-refractivity contribution in [1.29, 1.82) is 0 Å². The van der Waals surface area contributed by atoms with Gasteiger partial charge in [0, 0.05) is 18.9 Å². The summed E-state index contributed by atoms with van der Waals surface area (Å²) in [5.74, 6) is -0.454.